The van der Waals surface area contributed by atoms with Gasteiger partial charge in [-0.25, -0.2) is 4.39 Å². The smallest absolute Gasteiger partial charge is 0.127 e. The molecule has 2 aromatic rings. The first-order valence-corrected chi connectivity index (χ1v) is 6.22. The second kappa shape index (κ2) is 5.98. The molecule has 0 aliphatic heterocycles. The maximum atomic E-state index is 13.5. The molecule has 0 amide bonds. The van der Waals surface area contributed by atoms with Crippen molar-refractivity contribution in [2.24, 2.45) is 0 Å². The highest BCUT2D eigenvalue weighted by Gasteiger charge is 2.11. The third kappa shape index (κ3) is 3.09. The molecule has 1 nitrogen and oxygen atoms in total. The number of halogens is 2. The zero-order valence-electron chi connectivity index (χ0n) is 9.81. The molecule has 2 aromatic carbocycles. The summed E-state index contributed by atoms with van der Waals surface area (Å²) in [6.45, 7) is 0. The van der Waals surface area contributed by atoms with E-state index in [-0.39, 0.29) is 5.82 Å². The molecule has 1 unspecified atom stereocenters. The minimum absolute atomic E-state index is 0.317. The van der Waals surface area contributed by atoms with Crippen molar-refractivity contribution in [2.45, 2.75) is 18.9 Å². The molecule has 1 atom stereocenters. The average Bonchev–Trinajstić information content (AvgIpc) is 2.39. The van der Waals surface area contributed by atoms with Crippen LogP contribution in [-0.4, -0.2) is 5.11 Å². The largest absolute Gasteiger partial charge is 0.388 e. The maximum Gasteiger partial charge on any atom is 0.127 e. The van der Waals surface area contributed by atoms with Gasteiger partial charge in [0.2, 0.25) is 0 Å². The Labute approximate surface area is 111 Å². The molecule has 0 heterocycles. The second-order valence-electron chi connectivity index (χ2n) is 4.17. The fourth-order valence-corrected chi connectivity index (χ4v) is 2.15. The first-order valence-electron chi connectivity index (χ1n) is 5.84. The van der Waals surface area contributed by atoms with Crippen LogP contribution in [0.2, 0.25) is 5.02 Å². The maximum absolute atomic E-state index is 13.5. The average molecular weight is 265 g/mol. The lowest BCUT2D eigenvalue weighted by Gasteiger charge is -2.12. The Hall–Kier alpha value is -1.38. The van der Waals surface area contributed by atoms with E-state index in [0.717, 1.165) is 5.56 Å². The molecule has 3 heteroatoms. The Morgan fingerprint density at radius 2 is 1.78 bits per heavy atom. The Bertz CT molecular complexity index is 493. The second-order valence-corrected chi connectivity index (χ2v) is 4.57. The predicted molar refractivity (Wildman–Crippen MR) is 71.1 cm³/mol. The summed E-state index contributed by atoms with van der Waals surface area (Å²) in [5.41, 5.74) is 1.30. The van der Waals surface area contributed by atoms with Crippen LogP contribution in [0.15, 0.2) is 48.5 Å². The molecule has 94 valence electrons. The van der Waals surface area contributed by atoms with E-state index in [1.165, 1.54) is 6.07 Å². The lowest BCUT2D eigenvalue weighted by molar-refractivity contribution is 0.167. The van der Waals surface area contributed by atoms with Gasteiger partial charge in [-0.3, -0.25) is 0 Å². The molecular formula is C15H14ClFO. The standard InChI is InChI=1S/C15H14ClFO/c16-13-7-4-8-14(17)12(13)9-10-15(18)11-5-2-1-3-6-11/h1-8,15,18H,9-10H2. The highest BCUT2D eigenvalue weighted by atomic mass is 35.5. The fourth-order valence-electron chi connectivity index (χ4n) is 1.89. The molecule has 0 saturated carbocycles. The van der Waals surface area contributed by atoms with Gasteiger partial charge in [-0.2, -0.15) is 0 Å². The molecule has 1 N–H and O–H groups in total. The number of hydrogen-bond acceptors (Lipinski definition) is 1. The molecule has 0 aromatic heterocycles. The SMILES string of the molecule is OC(CCc1c(F)cccc1Cl)c1ccccc1. The van der Waals surface area contributed by atoms with Crippen LogP contribution in [0.5, 0.6) is 0 Å². The lowest BCUT2D eigenvalue weighted by atomic mass is 10.0. The topological polar surface area (TPSA) is 20.2 Å². The van der Waals surface area contributed by atoms with E-state index < -0.39 is 6.10 Å². The summed E-state index contributed by atoms with van der Waals surface area (Å²) in [7, 11) is 0. The molecule has 18 heavy (non-hydrogen) atoms. The minimum atomic E-state index is -0.595. The Morgan fingerprint density at radius 3 is 2.44 bits per heavy atom. The fraction of sp³-hybridized carbons (Fsp3) is 0.200. The summed E-state index contributed by atoms with van der Waals surface area (Å²) in [6.07, 6.45) is 0.272. The summed E-state index contributed by atoms with van der Waals surface area (Å²) >= 11 is 5.94. The van der Waals surface area contributed by atoms with Crippen LogP contribution in [0.25, 0.3) is 0 Å². The molecule has 2 rings (SSSR count). The minimum Gasteiger partial charge on any atom is -0.388 e. The summed E-state index contributed by atoms with van der Waals surface area (Å²) in [6, 6.07) is 14.0. The van der Waals surface area contributed by atoms with Crippen LogP contribution < -0.4 is 0 Å². The van der Waals surface area contributed by atoms with Gasteiger partial charge in [-0.15, -0.1) is 0 Å². The van der Waals surface area contributed by atoms with Crippen molar-refractivity contribution in [1.29, 1.82) is 0 Å². The van der Waals surface area contributed by atoms with E-state index in [9.17, 15) is 9.50 Å². The van der Waals surface area contributed by atoms with Crippen molar-refractivity contribution in [1.82, 2.24) is 0 Å². The summed E-state index contributed by atoms with van der Waals surface area (Å²) < 4.78 is 13.5. The van der Waals surface area contributed by atoms with Crippen LogP contribution in [-0.2, 0) is 6.42 Å². The van der Waals surface area contributed by atoms with Gasteiger partial charge < -0.3 is 5.11 Å². The molecule has 0 fully saturated rings. The summed E-state index contributed by atoms with van der Waals surface area (Å²) in [5.74, 6) is -0.317. The molecular weight excluding hydrogens is 251 g/mol. The third-order valence-electron chi connectivity index (χ3n) is 2.91. The van der Waals surface area contributed by atoms with Crippen molar-refractivity contribution < 1.29 is 9.50 Å². The van der Waals surface area contributed by atoms with Crippen LogP contribution in [0.1, 0.15) is 23.7 Å². The van der Waals surface area contributed by atoms with Crippen molar-refractivity contribution in [3.8, 4) is 0 Å². The van der Waals surface area contributed by atoms with Crippen molar-refractivity contribution in [3.05, 3.63) is 70.5 Å². The van der Waals surface area contributed by atoms with Crippen molar-refractivity contribution >= 4 is 11.6 Å². The van der Waals surface area contributed by atoms with Gasteiger partial charge in [0.05, 0.1) is 6.10 Å². The first-order chi connectivity index (χ1) is 8.68. The number of rotatable bonds is 4. The third-order valence-corrected chi connectivity index (χ3v) is 3.27. The molecule has 0 aliphatic carbocycles. The van der Waals surface area contributed by atoms with Gasteiger partial charge in [0.25, 0.3) is 0 Å². The van der Waals surface area contributed by atoms with E-state index in [1.807, 2.05) is 30.3 Å². The van der Waals surface area contributed by atoms with Crippen LogP contribution in [0, 0.1) is 5.82 Å². The van der Waals surface area contributed by atoms with Gasteiger partial charge in [0.1, 0.15) is 5.82 Å². The Kier molecular flexibility index (Phi) is 4.34. The van der Waals surface area contributed by atoms with Gasteiger partial charge in [0.15, 0.2) is 0 Å². The normalized spacial score (nSPS) is 12.4. The van der Waals surface area contributed by atoms with Crippen LogP contribution in [0.4, 0.5) is 4.39 Å². The Morgan fingerprint density at radius 1 is 1.06 bits per heavy atom. The van der Waals surface area contributed by atoms with Crippen molar-refractivity contribution in [3.63, 3.8) is 0 Å². The Balaban J connectivity index is 2.04. The van der Waals surface area contributed by atoms with Gasteiger partial charge in [-0.1, -0.05) is 48.0 Å². The van der Waals surface area contributed by atoms with E-state index in [0.29, 0.717) is 23.4 Å². The monoisotopic (exact) mass is 264 g/mol. The molecule has 0 saturated heterocycles. The highest BCUT2D eigenvalue weighted by Crippen LogP contribution is 2.24. The number of hydrogen-bond donors (Lipinski definition) is 1. The molecule has 0 aliphatic rings. The lowest BCUT2D eigenvalue weighted by Crippen LogP contribution is -2.01. The van der Waals surface area contributed by atoms with Crippen molar-refractivity contribution in [2.75, 3.05) is 0 Å². The zero-order valence-corrected chi connectivity index (χ0v) is 10.6. The zero-order chi connectivity index (χ0) is 13.0. The summed E-state index contributed by atoms with van der Waals surface area (Å²) in [5, 5.41) is 10.4. The quantitative estimate of drug-likeness (QED) is 0.880. The van der Waals surface area contributed by atoms with E-state index >= 15 is 0 Å². The summed E-state index contributed by atoms with van der Waals surface area (Å²) in [4.78, 5) is 0. The molecule has 0 radical (unpaired) electrons. The van der Waals surface area contributed by atoms with E-state index in [1.54, 1.807) is 12.1 Å². The number of aliphatic hydroxyl groups excluding tert-OH is 1. The molecule has 0 bridgehead atoms. The van der Waals surface area contributed by atoms with E-state index in [4.69, 9.17) is 11.6 Å². The first kappa shape index (κ1) is 13.1. The predicted octanol–water partition coefficient (Wildman–Crippen LogP) is 4.15. The van der Waals surface area contributed by atoms with Crippen LogP contribution in [0.3, 0.4) is 0 Å². The van der Waals surface area contributed by atoms with Gasteiger partial charge in [0, 0.05) is 10.6 Å². The highest BCUT2D eigenvalue weighted by molar-refractivity contribution is 6.31. The van der Waals surface area contributed by atoms with Crippen LogP contribution >= 0.6 is 11.6 Å². The van der Waals surface area contributed by atoms with Gasteiger partial charge >= 0.3 is 0 Å². The van der Waals surface area contributed by atoms with E-state index in [2.05, 4.69) is 0 Å². The van der Waals surface area contributed by atoms with Gasteiger partial charge in [-0.05, 0) is 30.5 Å². The number of benzene rings is 2. The number of aliphatic hydroxyl groups is 1. The molecule has 0 spiro atoms.